The molecule has 0 fully saturated rings. The average molecular weight is 214 g/mol. The molecule has 3 nitrogen and oxygen atoms in total. The van der Waals surface area contributed by atoms with Crippen molar-refractivity contribution in [1.82, 2.24) is 5.32 Å². The summed E-state index contributed by atoms with van der Waals surface area (Å²) in [4.78, 5) is 11.9. The van der Waals surface area contributed by atoms with Gasteiger partial charge in [0.25, 0.3) is 0 Å². The van der Waals surface area contributed by atoms with Crippen LogP contribution in [0.1, 0.15) is 47.5 Å². The van der Waals surface area contributed by atoms with Crippen molar-refractivity contribution in [2.24, 2.45) is 17.1 Å². The van der Waals surface area contributed by atoms with Gasteiger partial charge in [-0.3, -0.25) is 4.79 Å². The lowest BCUT2D eigenvalue weighted by Crippen LogP contribution is -2.46. The lowest BCUT2D eigenvalue weighted by atomic mass is 9.86. The molecule has 2 unspecified atom stereocenters. The van der Waals surface area contributed by atoms with Gasteiger partial charge in [-0.25, -0.2) is 0 Å². The van der Waals surface area contributed by atoms with E-state index in [-0.39, 0.29) is 11.9 Å². The summed E-state index contributed by atoms with van der Waals surface area (Å²) in [5, 5.41) is 3.03. The molecule has 0 aromatic carbocycles. The van der Waals surface area contributed by atoms with E-state index in [4.69, 9.17) is 5.73 Å². The van der Waals surface area contributed by atoms with Gasteiger partial charge in [0.15, 0.2) is 0 Å². The zero-order chi connectivity index (χ0) is 12.1. The summed E-state index contributed by atoms with van der Waals surface area (Å²) < 4.78 is 0. The van der Waals surface area contributed by atoms with Gasteiger partial charge in [0, 0.05) is 12.6 Å². The molecule has 0 rings (SSSR count). The van der Waals surface area contributed by atoms with Gasteiger partial charge in [-0.15, -0.1) is 0 Å². The molecule has 0 aliphatic rings. The standard InChI is InChI=1S/C12H26N2O/c1-6-12(5,8-13)11(15)14-10(4)7-9(2)3/h9-10H,6-8,13H2,1-5H3,(H,14,15). The van der Waals surface area contributed by atoms with Gasteiger partial charge in [0.05, 0.1) is 5.41 Å². The molecule has 0 bridgehead atoms. The van der Waals surface area contributed by atoms with Crippen molar-refractivity contribution in [1.29, 1.82) is 0 Å². The van der Waals surface area contributed by atoms with Crippen molar-refractivity contribution >= 4 is 5.91 Å². The Kier molecular flexibility index (Phi) is 5.88. The molecule has 0 aliphatic heterocycles. The van der Waals surface area contributed by atoms with E-state index in [1.165, 1.54) is 0 Å². The molecule has 3 N–H and O–H groups in total. The predicted octanol–water partition coefficient (Wildman–Crippen LogP) is 1.91. The second-order valence-electron chi connectivity index (χ2n) is 5.12. The minimum atomic E-state index is -0.411. The van der Waals surface area contributed by atoms with Crippen molar-refractivity contribution in [3.05, 3.63) is 0 Å². The van der Waals surface area contributed by atoms with Gasteiger partial charge >= 0.3 is 0 Å². The zero-order valence-corrected chi connectivity index (χ0v) is 10.8. The van der Waals surface area contributed by atoms with Crippen LogP contribution in [0.25, 0.3) is 0 Å². The number of rotatable bonds is 6. The first kappa shape index (κ1) is 14.4. The maximum Gasteiger partial charge on any atom is 0.227 e. The highest BCUT2D eigenvalue weighted by molar-refractivity contribution is 5.82. The van der Waals surface area contributed by atoms with E-state index < -0.39 is 5.41 Å². The second-order valence-corrected chi connectivity index (χ2v) is 5.12. The Hall–Kier alpha value is -0.570. The van der Waals surface area contributed by atoms with E-state index in [2.05, 4.69) is 19.2 Å². The van der Waals surface area contributed by atoms with Gasteiger partial charge in [0.2, 0.25) is 5.91 Å². The number of nitrogens with one attached hydrogen (secondary N) is 1. The molecule has 90 valence electrons. The number of hydrogen-bond donors (Lipinski definition) is 2. The second kappa shape index (κ2) is 6.11. The topological polar surface area (TPSA) is 55.1 Å². The summed E-state index contributed by atoms with van der Waals surface area (Å²) in [6.07, 6.45) is 1.79. The smallest absolute Gasteiger partial charge is 0.227 e. The zero-order valence-electron chi connectivity index (χ0n) is 10.8. The first-order chi connectivity index (χ1) is 6.85. The summed E-state index contributed by atoms with van der Waals surface area (Å²) in [7, 11) is 0. The Balaban J connectivity index is 4.23. The highest BCUT2D eigenvalue weighted by atomic mass is 16.2. The van der Waals surface area contributed by atoms with Crippen LogP contribution in [0.2, 0.25) is 0 Å². The van der Waals surface area contributed by atoms with E-state index in [0.717, 1.165) is 12.8 Å². The number of carbonyl (C=O) groups excluding carboxylic acids is 1. The quantitative estimate of drug-likeness (QED) is 0.709. The van der Waals surface area contributed by atoms with Gasteiger partial charge in [-0.1, -0.05) is 20.8 Å². The molecular formula is C12H26N2O. The Morgan fingerprint density at radius 1 is 1.40 bits per heavy atom. The molecule has 1 amide bonds. The molecule has 0 saturated heterocycles. The van der Waals surface area contributed by atoms with E-state index in [1.807, 2.05) is 20.8 Å². The number of hydrogen-bond acceptors (Lipinski definition) is 2. The first-order valence-corrected chi connectivity index (χ1v) is 5.86. The van der Waals surface area contributed by atoms with Crippen LogP contribution in [0, 0.1) is 11.3 Å². The summed E-state index contributed by atoms with van der Waals surface area (Å²) in [6, 6.07) is 0.231. The third kappa shape index (κ3) is 4.65. The summed E-state index contributed by atoms with van der Waals surface area (Å²) in [6.45, 7) is 10.7. The maximum absolute atomic E-state index is 11.9. The van der Waals surface area contributed by atoms with E-state index in [1.54, 1.807) is 0 Å². The van der Waals surface area contributed by atoms with Gasteiger partial charge in [-0.05, 0) is 32.6 Å². The number of nitrogens with two attached hydrogens (primary N) is 1. The fourth-order valence-electron chi connectivity index (χ4n) is 1.56. The fourth-order valence-corrected chi connectivity index (χ4v) is 1.56. The molecule has 0 spiro atoms. The lowest BCUT2D eigenvalue weighted by Gasteiger charge is -2.27. The Labute approximate surface area is 93.8 Å². The molecule has 0 saturated carbocycles. The molecule has 0 aliphatic carbocycles. The molecular weight excluding hydrogens is 188 g/mol. The molecule has 15 heavy (non-hydrogen) atoms. The lowest BCUT2D eigenvalue weighted by molar-refractivity contribution is -0.130. The van der Waals surface area contributed by atoms with Crippen LogP contribution in [0.15, 0.2) is 0 Å². The van der Waals surface area contributed by atoms with Crippen molar-refractivity contribution in [2.45, 2.75) is 53.5 Å². The predicted molar refractivity (Wildman–Crippen MR) is 64.5 cm³/mol. The highest BCUT2D eigenvalue weighted by Crippen LogP contribution is 2.19. The number of amides is 1. The SMILES string of the molecule is CCC(C)(CN)C(=O)NC(C)CC(C)C. The summed E-state index contributed by atoms with van der Waals surface area (Å²) >= 11 is 0. The minimum absolute atomic E-state index is 0.0839. The first-order valence-electron chi connectivity index (χ1n) is 5.86. The Morgan fingerprint density at radius 3 is 2.27 bits per heavy atom. The van der Waals surface area contributed by atoms with Crippen molar-refractivity contribution in [2.75, 3.05) is 6.54 Å². The van der Waals surface area contributed by atoms with Crippen LogP contribution >= 0.6 is 0 Å². The Bertz CT molecular complexity index is 198. The van der Waals surface area contributed by atoms with Crippen LogP contribution in [0.4, 0.5) is 0 Å². The minimum Gasteiger partial charge on any atom is -0.353 e. The largest absolute Gasteiger partial charge is 0.353 e. The van der Waals surface area contributed by atoms with Crippen LogP contribution in [-0.4, -0.2) is 18.5 Å². The summed E-state index contributed by atoms with van der Waals surface area (Å²) in [5.41, 5.74) is 5.22. The molecule has 0 heterocycles. The highest BCUT2D eigenvalue weighted by Gasteiger charge is 2.30. The fraction of sp³-hybridized carbons (Fsp3) is 0.917. The van der Waals surface area contributed by atoms with Gasteiger partial charge in [0.1, 0.15) is 0 Å². The van der Waals surface area contributed by atoms with Crippen molar-refractivity contribution in [3.8, 4) is 0 Å². The maximum atomic E-state index is 11.9. The van der Waals surface area contributed by atoms with E-state index in [0.29, 0.717) is 12.5 Å². The monoisotopic (exact) mass is 214 g/mol. The molecule has 0 aromatic heterocycles. The molecule has 2 atom stereocenters. The van der Waals surface area contributed by atoms with E-state index >= 15 is 0 Å². The van der Waals surface area contributed by atoms with Crippen LogP contribution in [0.3, 0.4) is 0 Å². The number of carbonyl (C=O) groups is 1. The third-order valence-corrected chi connectivity index (χ3v) is 2.98. The molecule has 0 radical (unpaired) electrons. The Morgan fingerprint density at radius 2 is 1.93 bits per heavy atom. The van der Waals surface area contributed by atoms with E-state index in [9.17, 15) is 4.79 Å². The van der Waals surface area contributed by atoms with Crippen molar-refractivity contribution < 1.29 is 4.79 Å². The van der Waals surface area contributed by atoms with Crippen molar-refractivity contribution in [3.63, 3.8) is 0 Å². The van der Waals surface area contributed by atoms with Gasteiger partial charge < -0.3 is 11.1 Å². The third-order valence-electron chi connectivity index (χ3n) is 2.98. The molecule has 3 heteroatoms. The van der Waals surface area contributed by atoms with Gasteiger partial charge in [-0.2, -0.15) is 0 Å². The average Bonchev–Trinajstić information content (AvgIpc) is 2.15. The normalized spacial score (nSPS) is 17.3. The van der Waals surface area contributed by atoms with Crippen LogP contribution < -0.4 is 11.1 Å². The summed E-state index contributed by atoms with van der Waals surface area (Å²) in [5.74, 6) is 0.687. The van der Waals surface area contributed by atoms with Crippen LogP contribution in [0.5, 0.6) is 0 Å². The van der Waals surface area contributed by atoms with Crippen LogP contribution in [-0.2, 0) is 4.79 Å². The molecule has 0 aromatic rings.